The number of halogens is 1. The van der Waals surface area contributed by atoms with E-state index in [1.807, 2.05) is 0 Å². The van der Waals surface area contributed by atoms with Crippen molar-refractivity contribution in [3.8, 4) is 0 Å². The van der Waals surface area contributed by atoms with E-state index in [9.17, 15) is 17.6 Å². The molecule has 5 nitrogen and oxygen atoms in total. The number of fused-ring (bicyclic) bond motifs is 2. The maximum Gasteiger partial charge on any atom is 0.243 e. The molecule has 1 saturated heterocycles. The summed E-state index contributed by atoms with van der Waals surface area (Å²) in [5.74, 6) is 0.936. The van der Waals surface area contributed by atoms with Gasteiger partial charge in [-0.1, -0.05) is 6.42 Å². The maximum atomic E-state index is 13.0. The fourth-order valence-electron chi connectivity index (χ4n) is 4.84. The average molecular weight is 380 g/mol. The SMILES string of the molecule is O=C(N[C@H]1C[C@H]2CC[C@H]1C2)C1CCN(S(=O)(=O)c2ccc(F)cc2)CC1. The second-order valence-electron chi connectivity index (χ2n) is 7.92. The maximum absolute atomic E-state index is 13.0. The van der Waals surface area contributed by atoms with Crippen molar-refractivity contribution in [1.82, 2.24) is 9.62 Å². The molecule has 2 aliphatic carbocycles. The molecule has 4 rings (SSSR count). The molecule has 142 valence electrons. The molecule has 1 aromatic carbocycles. The van der Waals surface area contributed by atoms with E-state index in [1.165, 1.54) is 35.7 Å². The zero-order chi connectivity index (χ0) is 18.3. The normalized spacial score (nSPS) is 29.8. The van der Waals surface area contributed by atoms with E-state index in [0.29, 0.717) is 37.9 Å². The molecule has 3 aliphatic rings. The number of carbonyl (C=O) groups excluding carboxylic acids is 1. The highest BCUT2D eigenvalue weighted by molar-refractivity contribution is 7.89. The molecule has 2 bridgehead atoms. The average Bonchev–Trinajstić information content (AvgIpc) is 3.25. The van der Waals surface area contributed by atoms with Crippen LogP contribution in [-0.2, 0) is 14.8 Å². The zero-order valence-electron chi connectivity index (χ0n) is 14.7. The molecule has 1 aliphatic heterocycles. The number of hydrogen-bond acceptors (Lipinski definition) is 3. The van der Waals surface area contributed by atoms with Gasteiger partial charge in [-0.3, -0.25) is 4.79 Å². The van der Waals surface area contributed by atoms with Gasteiger partial charge >= 0.3 is 0 Å². The Hall–Kier alpha value is -1.47. The predicted octanol–water partition coefficient (Wildman–Crippen LogP) is 2.53. The number of benzene rings is 1. The Morgan fingerprint density at radius 1 is 1.04 bits per heavy atom. The van der Waals surface area contributed by atoms with E-state index in [2.05, 4.69) is 5.32 Å². The topological polar surface area (TPSA) is 66.5 Å². The van der Waals surface area contributed by atoms with Gasteiger partial charge < -0.3 is 5.32 Å². The van der Waals surface area contributed by atoms with E-state index < -0.39 is 15.8 Å². The third-order valence-electron chi connectivity index (χ3n) is 6.34. The second kappa shape index (κ2) is 6.93. The van der Waals surface area contributed by atoms with Gasteiger partial charge in [0.1, 0.15) is 5.82 Å². The number of carbonyl (C=O) groups is 1. The van der Waals surface area contributed by atoms with E-state index in [0.717, 1.165) is 24.5 Å². The summed E-state index contributed by atoms with van der Waals surface area (Å²) >= 11 is 0. The largest absolute Gasteiger partial charge is 0.353 e. The van der Waals surface area contributed by atoms with Gasteiger partial charge in [0.05, 0.1) is 4.90 Å². The first-order valence-corrected chi connectivity index (χ1v) is 10.9. The number of hydrogen-bond donors (Lipinski definition) is 1. The summed E-state index contributed by atoms with van der Waals surface area (Å²) in [6, 6.07) is 5.21. The van der Waals surface area contributed by atoms with Gasteiger partial charge in [-0.05, 0) is 68.2 Å². The summed E-state index contributed by atoms with van der Waals surface area (Å²) in [6.45, 7) is 0.656. The van der Waals surface area contributed by atoms with Gasteiger partial charge in [-0.2, -0.15) is 4.31 Å². The number of nitrogens with zero attached hydrogens (tertiary/aromatic N) is 1. The molecule has 0 spiro atoms. The van der Waals surface area contributed by atoms with E-state index in [-0.39, 0.29) is 16.7 Å². The molecule has 26 heavy (non-hydrogen) atoms. The highest BCUT2D eigenvalue weighted by Crippen LogP contribution is 2.44. The lowest BCUT2D eigenvalue weighted by Gasteiger charge is -2.32. The minimum absolute atomic E-state index is 0.0846. The van der Waals surface area contributed by atoms with Crippen LogP contribution in [-0.4, -0.2) is 37.8 Å². The Kier molecular flexibility index (Phi) is 4.77. The monoisotopic (exact) mass is 380 g/mol. The second-order valence-corrected chi connectivity index (χ2v) is 9.86. The van der Waals surface area contributed by atoms with E-state index in [4.69, 9.17) is 0 Å². The van der Waals surface area contributed by atoms with Gasteiger partial charge in [0, 0.05) is 25.0 Å². The highest BCUT2D eigenvalue weighted by atomic mass is 32.2. The zero-order valence-corrected chi connectivity index (χ0v) is 15.6. The third-order valence-corrected chi connectivity index (χ3v) is 8.25. The predicted molar refractivity (Wildman–Crippen MR) is 95.3 cm³/mol. The molecule has 0 aromatic heterocycles. The van der Waals surface area contributed by atoms with Gasteiger partial charge in [0.25, 0.3) is 0 Å². The number of rotatable bonds is 4. The molecule has 0 radical (unpaired) electrons. The van der Waals surface area contributed by atoms with Crippen LogP contribution < -0.4 is 5.32 Å². The van der Waals surface area contributed by atoms with E-state index >= 15 is 0 Å². The molecule has 1 aromatic rings. The van der Waals surface area contributed by atoms with Crippen molar-refractivity contribution >= 4 is 15.9 Å². The van der Waals surface area contributed by atoms with Crippen molar-refractivity contribution < 1.29 is 17.6 Å². The van der Waals surface area contributed by atoms with Gasteiger partial charge in [-0.15, -0.1) is 0 Å². The fourth-order valence-corrected chi connectivity index (χ4v) is 6.31. The van der Waals surface area contributed by atoms with Crippen molar-refractivity contribution in [3.63, 3.8) is 0 Å². The molecule has 1 heterocycles. The Labute approximate surface area is 154 Å². The summed E-state index contributed by atoms with van der Waals surface area (Å²) < 4.78 is 39.7. The molecule has 2 saturated carbocycles. The van der Waals surface area contributed by atoms with Crippen molar-refractivity contribution in [2.75, 3.05) is 13.1 Å². The first-order chi connectivity index (χ1) is 12.4. The number of nitrogens with one attached hydrogen (secondary N) is 1. The van der Waals surface area contributed by atoms with Crippen LogP contribution >= 0.6 is 0 Å². The highest BCUT2D eigenvalue weighted by Gasteiger charge is 2.41. The lowest BCUT2D eigenvalue weighted by molar-refractivity contribution is -0.127. The lowest BCUT2D eigenvalue weighted by Crippen LogP contribution is -2.46. The minimum Gasteiger partial charge on any atom is -0.353 e. The van der Waals surface area contributed by atoms with Crippen molar-refractivity contribution in [2.45, 2.75) is 49.5 Å². The van der Waals surface area contributed by atoms with Crippen molar-refractivity contribution in [3.05, 3.63) is 30.1 Å². The molecule has 1 amide bonds. The van der Waals surface area contributed by atoms with E-state index in [1.54, 1.807) is 0 Å². The standard InChI is InChI=1S/C19H25FN2O3S/c20-16-3-5-17(6-4-16)26(24,25)22-9-7-14(8-10-22)19(23)21-18-12-13-1-2-15(18)11-13/h3-6,13-15,18H,1-2,7-12H2,(H,21,23)/t13-,15-,18-/m0/s1. The molecule has 0 unspecified atom stereocenters. The summed E-state index contributed by atoms with van der Waals surface area (Å²) in [7, 11) is -3.62. The summed E-state index contributed by atoms with van der Waals surface area (Å²) in [5, 5.41) is 3.22. The first kappa shape index (κ1) is 17.9. The van der Waals surface area contributed by atoms with Crippen LogP contribution in [0.2, 0.25) is 0 Å². The van der Waals surface area contributed by atoms with Gasteiger partial charge in [0.2, 0.25) is 15.9 Å². The molecular formula is C19H25FN2O3S. The van der Waals surface area contributed by atoms with Crippen LogP contribution in [0.1, 0.15) is 38.5 Å². The quantitative estimate of drug-likeness (QED) is 0.873. The summed E-state index contributed by atoms with van der Waals surface area (Å²) in [5.41, 5.74) is 0. The smallest absolute Gasteiger partial charge is 0.243 e. The Bertz CT molecular complexity index is 772. The first-order valence-electron chi connectivity index (χ1n) is 9.49. The van der Waals surface area contributed by atoms with Crippen molar-refractivity contribution in [1.29, 1.82) is 0 Å². The fraction of sp³-hybridized carbons (Fsp3) is 0.632. The Morgan fingerprint density at radius 2 is 1.73 bits per heavy atom. The summed E-state index contributed by atoms with van der Waals surface area (Å²) in [4.78, 5) is 12.7. The van der Waals surface area contributed by atoms with Crippen LogP contribution in [0, 0.1) is 23.6 Å². The third kappa shape index (κ3) is 3.39. The Balaban J connectivity index is 1.33. The van der Waals surface area contributed by atoms with Crippen LogP contribution in [0.3, 0.4) is 0 Å². The number of sulfonamides is 1. The molecular weight excluding hydrogens is 355 g/mol. The van der Waals surface area contributed by atoms with Crippen LogP contribution in [0.15, 0.2) is 29.2 Å². The van der Waals surface area contributed by atoms with Crippen molar-refractivity contribution in [2.24, 2.45) is 17.8 Å². The molecule has 3 atom stereocenters. The summed E-state index contributed by atoms with van der Waals surface area (Å²) in [6.07, 6.45) is 5.95. The lowest BCUT2D eigenvalue weighted by atomic mass is 9.93. The number of amides is 1. The number of piperidine rings is 1. The van der Waals surface area contributed by atoms with Crippen LogP contribution in [0.5, 0.6) is 0 Å². The minimum atomic E-state index is -3.62. The van der Waals surface area contributed by atoms with Gasteiger partial charge in [0.15, 0.2) is 0 Å². The molecule has 7 heteroatoms. The van der Waals surface area contributed by atoms with Crippen LogP contribution in [0.25, 0.3) is 0 Å². The van der Waals surface area contributed by atoms with Gasteiger partial charge in [-0.25, -0.2) is 12.8 Å². The molecule has 1 N–H and O–H groups in total. The van der Waals surface area contributed by atoms with Crippen LogP contribution in [0.4, 0.5) is 4.39 Å². The Morgan fingerprint density at radius 3 is 2.31 bits per heavy atom. The molecule has 3 fully saturated rings.